The zero-order valence-corrected chi connectivity index (χ0v) is 10.1. The molecule has 0 aliphatic carbocycles. The summed E-state index contributed by atoms with van der Waals surface area (Å²) < 4.78 is 0.989. The maximum absolute atomic E-state index is 10.5. The highest BCUT2D eigenvalue weighted by atomic mass is 127. The second-order valence-corrected chi connectivity index (χ2v) is 4.52. The first-order chi connectivity index (χ1) is 6.50. The number of carboxylic acids is 1. The van der Waals surface area contributed by atoms with Gasteiger partial charge in [-0.15, -0.1) is 0 Å². The topological polar surface area (TPSA) is 63.3 Å². The van der Waals surface area contributed by atoms with Gasteiger partial charge in [-0.3, -0.25) is 4.79 Å². The van der Waals surface area contributed by atoms with E-state index in [4.69, 9.17) is 22.4 Å². The Morgan fingerprint density at radius 2 is 2.29 bits per heavy atom. The molecular weight excluding hydrogens is 316 g/mol. The molecule has 0 aliphatic heterocycles. The quantitative estimate of drug-likeness (QED) is 0.839. The van der Waals surface area contributed by atoms with Crippen LogP contribution in [0.2, 0.25) is 5.02 Å². The molecule has 3 N–H and O–H groups in total. The minimum atomic E-state index is -0.924. The maximum atomic E-state index is 10.5. The van der Waals surface area contributed by atoms with E-state index >= 15 is 0 Å². The van der Waals surface area contributed by atoms with Crippen LogP contribution >= 0.6 is 34.2 Å². The van der Waals surface area contributed by atoms with Gasteiger partial charge in [0.1, 0.15) is 0 Å². The van der Waals surface area contributed by atoms with Crippen LogP contribution in [0.25, 0.3) is 0 Å². The second kappa shape index (κ2) is 4.95. The Hall–Kier alpha value is -0.330. The summed E-state index contributed by atoms with van der Waals surface area (Å²) in [5.74, 6) is -0.924. The molecule has 0 aromatic heterocycles. The van der Waals surface area contributed by atoms with Crippen molar-refractivity contribution in [1.82, 2.24) is 0 Å². The highest BCUT2D eigenvalue weighted by Crippen LogP contribution is 2.25. The summed E-state index contributed by atoms with van der Waals surface area (Å²) in [7, 11) is 0. The van der Waals surface area contributed by atoms with E-state index < -0.39 is 12.0 Å². The number of rotatable bonds is 3. The normalized spacial score (nSPS) is 12.5. The molecule has 0 saturated heterocycles. The average molecular weight is 326 g/mol. The molecule has 1 aromatic rings. The SMILES string of the molecule is N[C@H](CC(=O)O)c1cc(I)ccc1Cl. The van der Waals surface area contributed by atoms with Crippen LogP contribution < -0.4 is 5.73 Å². The van der Waals surface area contributed by atoms with Crippen LogP contribution in [-0.2, 0) is 4.79 Å². The Morgan fingerprint density at radius 3 is 2.86 bits per heavy atom. The minimum absolute atomic E-state index is 0.111. The van der Waals surface area contributed by atoms with Crippen molar-refractivity contribution in [2.24, 2.45) is 5.73 Å². The van der Waals surface area contributed by atoms with Gasteiger partial charge in [0.15, 0.2) is 0 Å². The third-order valence-corrected chi connectivity index (χ3v) is 2.77. The molecule has 0 fully saturated rings. The predicted molar refractivity (Wildman–Crippen MR) is 63.4 cm³/mol. The van der Waals surface area contributed by atoms with Crippen molar-refractivity contribution in [2.75, 3.05) is 0 Å². The van der Waals surface area contributed by atoms with Crippen LogP contribution in [-0.4, -0.2) is 11.1 Å². The first-order valence-electron chi connectivity index (χ1n) is 3.93. The van der Waals surface area contributed by atoms with E-state index in [1.54, 1.807) is 12.1 Å². The lowest BCUT2D eigenvalue weighted by Crippen LogP contribution is -2.15. The summed E-state index contributed by atoms with van der Waals surface area (Å²) in [4.78, 5) is 10.5. The highest BCUT2D eigenvalue weighted by molar-refractivity contribution is 14.1. The smallest absolute Gasteiger partial charge is 0.305 e. The molecule has 14 heavy (non-hydrogen) atoms. The summed E-state index contributed by atoms with van der Waals surface area (Å²) in [6.07, 6.45) is -0.111. The van der Waals surface area contributed by atoms with Crippen LogP contribution in [0.15, 0.2) is 18.2 Å². The van der Waals surface area contributed by atoms with Gasteiger partial charge < -0.3 is 10.8 Å². The average Bonchev–Trinajstić information content (AvgIpc) is 2.08. The van der Waals surface area contributed by atoms with E-state index in [1.807, 2.05) is 6.07 Å². The molecule has 5 heteroatoms. The number of hydrogen-bond donors (Lipinski definition) is 2. The van der Waals surface area contributed by atoms with E-state index in [0.29, 0.717) is 10.6 Å². The number of aliphatic carboxylic acids is 1. The maximum Gasteiger partial charge on any atom is 0.305 e. The molecule has 0 bridgehead atoms. The van der Waals surface area contributed by atoms with Crippen LogP contribution in [0.4, 0.5) is 0 Å². The summed E-state index contributed by atoms with van der Waals surface area (Å²) in [5.41, 5.74) is 6.38. The van der Waals surface area contributed by atoms with Gasteiger partial charge in [0.2, 0.25) is 0 Å². The fourth-order valence-corrected chi connectivity index (χ4v) is 1.87. The fourth-order valence-electron chi connectivity index (χ4n) is 1.10. The lowest BCUT2D eigenvalue weighted by molar-refractivity contribution is -0.137. The molecule has 1 rings (SSSR count). The van der Waals surface area contributed by atoms with Crippen molar-refractivity contribution in [2.45, 2.75) is 12.5 Å². The lowest BCUT2D eigenvalue weighted by atomic mass is 10.1. The Kier molecular flexibility index (Phi) is 4.15. The fraction of sp³-hybridized carbons (Fsp3) is 0.222. The number of benzene rings is 1. The third kappa shape index (κ3) is 3.11. The van der Waals surface area contributed by atoms with Gasteiger partial charge in [-0.05, 0) is 46.4 Å². The van der Waals surface area contributed by atoms with E-state index in [2.05, 4.69) is 22.6 Å². The van der Waals surface area contributed by atoms with Crippen molar-refractivity contribution < 1.29 is 9.90 Å². The number of carbonyl (C=O) groups is 1. The van der Waals surface area contributed by atoms with E-state index in [-0.39, 0.29) is 6.42 Å². The van der Waals surface area contributed by atoms with Crippen LogP contribution in [0.3, 0.4) is 0 Å². The molecule has 1 aromatic carbocycles. The summed E-state index contributed by atoms with van der Waals surface area (Å²) in [6.45, 7) is 0. The van der Waals surface area contributed by atoms with E-state index in [1.165, 1.54) is 0 Å². The molecule has 76 valence electrons. The number of carboxylic acid groups (broad SMARTS) is 1. The van der Waals surface area contributed by atoms with Crippen molar-refractivity contribution >= 4 is 40.2 Å². The Balaban J connectivity index is 2.93. The predicted octanol–water partition coefficient (Wildman–Crippen LogP) is 2.42. The number of halogens is 2. The minimum Gasteiger partial charge on any atom is -0.481 e. The first kappa shape index (κ1) is 11.7. The first-order valence-corrected chi connectivity index (χ1v) is 5.38. The standard InChI is InChI=1S/C9H9ClINO2/c10-7-2-1-5(11)3-6(7)8(12)4-9(13)14/h1-3,8H,4,12H2,(H,13,14)/t8-/m1/s1. The molecule has 0 unspecified atom stereocenters. The van der Waals surface area contributed by atoms with Gasteiger partial charge in [0.25, 0.3) is 0 Å². The molecule has 0 saturated carbocycles. The van der Waals surface area contributed by atoms with Crippen LogP contribution in [0, 0.1) is 3.57 Å². The molecule has 0 aliphatic rings. The summed E-state index contributed by atoms with van der Waals surface area (Å²) in [5, 5.41) is 9.09. The highest BCUT2D eigenvalue weighted by Gasteiger charge is 2.13. The molecule has 0 amide bonds. The molecule has 1 atom stereocenters. The van der Waals surface area contributed by atoms with Gasteiger partial charge in [-0.2, -0.15) is 0 Å². The van der Waals surface area contributed by atoms with Gasteiger partial charge in [0, 0.05) is 14.6 Å². The number of nitrogens with two attached hydrogens (primary N) is 1. The van der Waals surface area contributed by atoms with Gasteiger partial charge >= 0.3 is 5.97 Å². The lowest BCUT2D eigenvalue weighted by Gasteiger charge is -2.11. The molecular formula is C9H9ClINO2. The van der Waals surface area contributed by atoms with E-state index in [9.17, 15) is 4.79 Å². The summed E-state index contributed by atoms with van der Waals surface area (Å²) in [6, 6.07) is 4.83. The Bertz CT molecular complexity index is 357. The van der Waals surface area contributed by atoms with Crippen molar-refractivity contribution in [1.29, 1.82) is 0 Å². The molecule has 3 nitrogen and oxygen atoms in total. The van der Waals surface area contributed by atoms with E-state index in [0.717, 1.165) is 3.57 Å². The Labute approximate surface area is 100 Å². The van der Waals surface area contributed by atoms with Gasteiger partial charge in [-0.1, -0.05) is 11.6 Å². The van der Waals surface area contributed by atoms with Crippen LogP contribution in [0.5, 0.6) is 0 Å². The van der Waals surface area contributed by atoms with Crippen molar-refractivity contribution in [3.8, 4) is 0 Å². The summed E-state index contributed by atoms with van der Waals surface area (Å²) >= 11 is 8.03. The largest absolute Gasteiger partial charge is 0.481 e. The van der Waals surface area contributed by atoms with Gasteiger partial charge in [0.05, 0.1) is 6.42 Å². The molecule has 0 radical (unpaired) electrons. The molecule has 0 spiro atoms. The monoisotopic (exact) mass is 325 g/mol. The van der Waals surface area contributed by atoms with Crippen molar-refractivity contribution in [3.63, 3.8) is 0 Å². The van der Waals surface area contributed by atoms with Crippen molar-refractivity contribution in [3.05, 3.63) is 32.4 Å². The second-order valence-electron chi connectivity index (χ2n) is 2.87. The zero-order chi connectivity index (χ0) is 10.7. The van der Waals surface area contributed by atoms with Crippen LogP contribution in [0.1, 0.15) is 18.0 Å². The Morgan fingerprint density at radius 1 is 1.64 bits per heavy atom. The van der Waals surface area contributed by atoms with Gasteiger partial charge in [-0.25, -0.2) is 0 Å². The number of hydrogen-bond acceptors (Lipinski definition) is 2. The third-order valence-electron chi connectivity index (χ3n) is 1.75. The molecule has 0 heterocycles. The zero-order valence-electron chi connectivity index (χ0n) is 7.21.